The van der Waals surface area contributed by atoms with Crippen molar-refractivity contribution >= 4 is 5.91 Å². The molecule has 1 saturated heterocycles. The third-order valence-electron chi connectivity index (χ3n) is 4.58. The van der Waals surface area contributed by atoms with Crippen LogP contribution in [0.2, 0.25) is 0 Å². The monoisotopic (exact) mass is 290 g/mol. The van der Waals surface area contributed by atoms with Crippen LogP contribution in [-0.2, 0) is 13.5 Å². The van der Waals surface area contributed by atoms with Crippen molar-refractivity contribution in [1.29, 1.82) is 0 Å². The van der Waals surface area contributed by atoms with Crippen molar-refractivity contribution in [3.63, 3.8) is 0 Å². The summed E-state index contributed by atoms with van der Waals surface area (Å²) in [5, 5.41) is 7.91. The first-order valence-corrected chi connectivity index (χ1v) is 8.23. The highest BCUT2D eigenvalue weighted by Crippen LogP contribution is 2.30. The topological polar surface area (TPSA) is 50.2 Å². The lowest BCUT2D eigenvalue weighted by atomic mass is 10.2. The van der Waals surface area contributed by atoms with Gasteiger partial charge in [0.1, 0.15) is 5.69 Å². The summed E-state index contributed by atoms with van der Waals surface area (Å²) in [7, 11) is 1.87. The fraction of sp³-hybridized carbons (Fsp3) is 0.750. The summed E-state index contributed by atoms with van der Waals surface area (Å²) in [5.41, 5.74) is 1.72. The Balaban J connectivity index is 1.73. The smallest absolute Gasteiger partial charge is 0.272 e. The zero-order valence-corrected chi connectivity index (χ0v) is 13.1. The van der Waals surface area contributed by atoms with Gasteiger partial charge in [-0.3, -0.25) is 9.48 Å². The van der Waals surface area contributed by atoms with Crippen molar-refractivity contribution in [2.24, 2.45) is 13.0 Å². The maximum atomic E-state index is 12.9. The van der Waals surface area contributed by atoms with Crippen molar-refractivity contribution in [2.45, 2.75) is 45.1 Å². The minimum atomic E-state index is 0.144. The highest BCUT2D eigenvalue weighted by molar-refractivity contribution is 5.92. The summed E-state index contributed by atoms with van der Waals surface area (Å²) in [6, 6.07) is 2.41. The number of rotatable bonds is 6. The fourth-order valence-corrected chi connectivity index (χ4v) is 3.09. The van der Waals surface area contributed by atoms with Gasteiger partial charge in [-0.2, -0.15) is 5.10 Å². The predicted octanol–water partition coefficient (Wildman–Crippen LogP) is 1.59. The number of nitrogens with one attached hydrogen (secondary N) is 1. The van der Waals surface area contributed by atoms with Crippen LogP contribution in [0.15, 0.2) is 6.07 Å². The third kappa shape index (κ3) is 3.46. The summed E-state index contributed by atoms with van der Waals surface area (Å²) >= 11 is 0. The number of hydrogen-bond acceptors (Lipinski definition) is 3. The van der Waals surface area contributed by atoms with E-state index in [9.17, 15) is 4.79 Å². The van der Waals surface area contributed by atoms with Crippen LogP contribution in [0.5, 0.6) is 0 Å². The number of hydrogen-bond donors (Lipinski definition) is 1. The van der Waals surface area contributed by atoms with E-state index in [0.717, 1.165) is 37.4 Å². The quantitative estimate of drug-likeness (QED) is 0.865. The lowest BCUT2D eigenvalue weighted by molar-refractivity contribution is 0.0722. The molecule has 0 spiro atoms. The van der Waals surface area contributed by atoms with Gasteiger partial charge in [0.05, 0.1) is 5.69 Å². The molecule has 1 atom stereocenters. The summed E-state index contributed by atoms with van der Waals surface area (Å²) in [5.74, 6) is 0.861. The molecule has 0 radical (unpaired) electrons. The molecular formula is C16H26N4O. The number of amides is 1. The van der Waals surface area contributed by atoms with Crippen molar-refractivity contribution in [1.82, 2.24) is 20.0 Å². The molecule has 1 aromatic heterocycles. The molecule has 5 nitrogen and oxygen atoms in total. The van der Waals surface area contributed by atoms with Gasteiger partial charge in [0.25, 0.3) is 5.91 Å². The predicted molar refractivity (Wildman–Crippen MR) is 82.2 cm³/mol. The Morgan fingerprint density at radius 1 is 1.43 bits per heavy atom. The van der Waals surface area contributed by atoms with E-state index >= 15 is 0 Å². The maximum Gasteiger partial charge on any atom is 0.272 e. The van der Waals surface area contributed by atoms with Crippen LogP contribution in [0.3, 0.4) is 0 Å². The second-order valence-electron chi connectivity index (χ2n) is 6.44. The van der Waals surface area contributed by atoms with Gasteiger partial charge in [-0.25, -0.2) is 0 Å². The molecule has 1 aromatic rings. The van der Waals surface area contributed by atoms with Crippen molar-refractivity contribution in [3.8, 4) is 0 Å². The molecule has 0 aromatic carbocycles. The first kappa shape index (κ1) is 14.6. The molecule has 1 N–H and O–H groups in total. The molecule has 1 aliphatic heterocycles. The van der Waals surface area contributed by atoms with Gasteiger partial charge in [-0.1, -0.05) is 6.92 Å². The van der Waals surface area contributed by atoms with E-state index < -0.39 is 0 Å². The number of aromatic nitrogens is 2. The van der Waals surface area contributed by atoms with Crippen molar-refractivity contribution in [2.75, 3.05) is 19.6 Å². The lowest BCUT2D eigenvalue weighted by Crippen LogP contribution is -2.42. The van der Waals surface area contributed by atoms with E-state index in [2.05, 4.69) is 22.2 Å². The van der Waals surface area contributed by atoms with Crippen LogP contribution in [0.4, 0.5) is 0 Å². The van der Waals surface area contributed by atoms with Crippen LogP contribution in [0.25, 0.3) is 0 Å². The lowest BCUT2D eigenvalue weighted by Gasteiger charge is -2.26. The Morgan fingerprint density at radius 2 is 2.24 bits per heavy atom. The van der Waals surface area contributed by atoms with Crippen LogP contribution in [0, 0.1) is 5.92 Å². The number of aryl methyl sites for hydroxylation is 2. The zero-order valence-electron chi connectivity index (χ0n) is 13.1. The number of carbonyl (C=O) groups is 1. The van der Waals surface area contributed by atoms with E-state index in [1.807, 2.05) is 13.1 Å². The summed E-state index contributed by atoms with van der Waals surface area (Å²) in [4.78, 5) is 14.9. The van der Waals surface area contributed by atoms with Crippen LogP contribution in [0.1, 0.15) is 48.8 Å². The van der Waals surface area contributed by atoms with E-state index in [1.165, 1.54) is 25.7 Å². The second kappa shape index (κ2) is 6.18. The molecular weight excluding hydrogens is 264 g/mol. The Morgan fingerprint density at radius 3 is 2.81 bits per heavy atom. The van der Waals surface area contributed by atoms with E-state index in [1.54, 1.807) is 4.68 Å². The fourth-order valence-electron chi connectivity index (χ4n) is 3.09. The minimum absolute atomic E-state index is 0.144. The minimum Gasteiger partial charge on any atom is -0.335 e. The van der Waals surface area contributed by atoms with E-state index in [0.29, 0.717) is 12.0 Å². The van der Waals surface area contributed by atoms with Crippen LogP contribution < -0.4 is 5.32 Å². The standard InChI is InChI=1S/C16H26N4O/c1-3-13-9-15(19(2)18-13)16(21)20(10-12-6-7-12)11-14-5-4-8-17-14/h9,12,14,17H,3-8,10-11H2,1-2H3. The summed E-state index contributed by atoms with van der Waals surface area (Å²) in [6.07, 6.45) is 5.82. The molecule has 116 valence electrons. The molecule has 2 fully saturated rings. The van der Waals surface area contributed by atoms with Gasteiger partial charge < -0.3 is 10.2 Å². The van der Waals surface area contributed by atoms with Gasteiger partial charge in [0, 0.05) is 26.2 Å². The molecule has 1 aliphatic carbocycles. The molecule has 1 unspecified atom stereocenters. The number of nitrogens with zero attached hydrogens (tertiary/aromatic N) is 3. The highest BCUT2D eigenvalue weighted by Gasteiger charge is 2.30. The van der Waals surface area contributed by atoms with E-state index in [4.69, 9.17) is 0 Å². The molecule has 2 heterocycles. The maximum absolute atomic E-state index is 12.9. The van der Waals surface area contributed by atoms with Gasteiger partial charge >= 0.3 is 0 Å². The third-order valence-corrected chi connectivity index (χ3v) is 4.58. The Bertz CT molecular complexity index is 500. The molecule has 1 saturated carbocycles. The molecule has 3 rings (SSSR count). The second-order valence-corrected chi connectivity index (χ2v) is 6.44. The first-order valence-electron chi connectivity index (χ1n) is 8.23. The average Bonchev–Trinajstić information content (AvgIpc) is 2.99. The molecule has 2 aliphatic rings. The Labute approximate surface area is 126 Å². The van der Waals surface area contributed by atoms with Crippen LogP contribution >= 0.6 is 0 Å². The summed E-state index contributed by atoms with van der Waals surface area (Å²) < 4.78 is 1.74. The van der Waals surface area contributed by atoms with Crippen LogP contribution in [-0.4, -0.2) is 46.3 Å². The Hall–Kier alpha value is -1.36. The average molecular weight is 290 g/mol. The van der Waals surface area contributed by atoms with Gasteiger partial charge in [0.2, 0.25) is 0 Å². The van der Waals surface area contributed by atoms with Crippen molar-refractivity contribution in [3.05, 3.63) is 17.5 Å². The number of carbonyl (C=O) groups excluding carboxylic acids is 1. The normalized spacial score (nSPS) is 21.7. The summed E-state index contributed by atoms with van der Waals surface area (Å²) in [6.45, 7) is 4.90. The zero-order chi connectivity index (χ0) is 14.8. The molecule has 21 heavy (non-hydrogen) atoms. The largest absolute Gasteiger partial charge is 0.335 e. The van der Waals surface area contributed by atoms with E-state index in [-0.39, 0.29) is 5.91 Å². The Kier molecular flexibility index (Phi) is 4.29. The SMILES string of the molecule is CCc1cc(C(=O)N(CC2CC2)CC2CCCN2)n(C)n1. The highest BCUT2D eigenvalue weighted by atomic mass is 16.2. The first-order chi connectivity index (χ1) is 10.2. The molecule has 1 amide bonds. The van der Waals surface area contributed by atoms with Gasteiger partial charge in [-0.15, -0.1) is 0 Å². The van der Waals surface area contributed by atoms with Gasteiger partial charge in [0.15, 0.2) is 0 Å². The van der Waals surface area contributed by atoms with Crippen molar-refractivity contribution < 1.29 is 4.79 Å². The molecule has 0 bridgehead atoms. The van der Waals surface area contributed by atoms with Gasteiger partial charge in [-0.05, 0) is 50.6 Å². The molecule has 5 heteroatoms.